The van der Waals surface area contributed by atoms with Gasteiger partial charge in [0.15, 0.2) is 0 Å². The zero-order chi connectivity index (χ0) is 15.9. The molecular weight excluding hydrogens is 383 g/mol. The van der Waals surface area contributed by atoms with Crippen molar-refractivity contribution in [1.29, 1.82) is 0 Å². The monoisotopic (exact) mass is 394 g/mol. The maximum atomic E-state index is 6.14. The predicted octanol–water partition coefficient (Wildman–Crippen LogP) is 6.04. The van der Waals surface area contributed by atoms with Crippen LogP contribution in [0.3, 0.4) is 0 Å². The number of anilines is 1. The normalized spacial score (nSPS) is 11.0. The van der Waals surface area contributed by atoms with Crippen LogP contribution in [0.2, 0.25) is 10.0 Å². The van der Waals surface area contributed by atoms with Crippen LogP contribution in [0, 0.1) is 0 Å². The van der Waals surface area contributed by atoms with Gasteiger partial charge in [0.05, 0.1) is 5.69 Å². The van der Waals surface area contributed by atoms with Gasteiger partial charge in [0.25, 0.3) is 0 Å². The molecule has 2 aromatic carbocycles. The van der Waals surface area contributed by atoms with E-state index in [1.807, 2.05) is 44.7 Å². The number of benzene rings is 2. The van der Waals surface area contributed by atoms with Gasteiger partial charge in [-0.25, -0.2) is 0 Å². The topological polar surface area (TPSA) is 16.1 Å². The average molecular weight is 396 g/mol. The van der Waals surface area contributed by atoms with E-state index >= 15 is 0 Å². The molecule has 0 aliphatic heterocycles. The Hall–Kier alpha value is -1.29. The third-order valence-electron chi connectivity index (χ3n) is 3.49. The highest BCUT2D eigenvalue weighted by Crippen LogP contribution is 2.38. The predicted molar refractivity (Wildman–Crippen MR) is 99.2 cm³/mol. The van der Waals surface area contributed by atoms with Crippen LogP contribution in [-0.4, -0.2) is 19.1 Å². The van der Waals surface area contributed by atoms with Crippen LogP contribution in [0.25, 0.3) is 21.9 Å². The maximum Gasteiger partial charge on any atom is 0.0600 e. The summed E-state index contributed by atoms with van der Waals surface area (Å²) in [4.78, 5) is 6.47. The molecule has 0 saturated heterocycles. The lowest BCUT2D eigenvalue weighted by Gasteiger charge is -2.18. The Morgan fingerprint density at radius 3 is 2.27 bits per heavy atom. The van der Waals surface area contributed by atoms with E-state index in [9.17, 15) is 0 Å². The molecule has 0 unspecified atom stereocenters. The fraction of sp³-hybridized carbons (Fsp3) is 0.118. The van der Waals surface area contributed by atoms with Gasteiger partial charge in [0.2, 0.25) is 0 Å². The minimum Gasteiger partial charge on any atom is -0.376 e. The van der Waals surface area contributed by atoms with Crippen molar-refractivity contribution < 1.29 is 0 Å². The second-order valence-corrected chi connectivity index (χ2v) is 6.96. The molecule has 1 aromatic heterocycles. The van der Waals surface area contributed by atoms with Crippen molar-refractivity contribution in [3.8, 4) is 11.1 Å². The van der Waals surface area contributed by atoms with Crippen molar-refractivity contribution in [2.24, 2.45) is 0 Å². The lowest BCUT2D eigenvalue weighted by Crippen LogP contribution is -2.10. The first-order valence-electron chi connectivity index (χ1n) is 6.67. The van der Waals surface area contributed by atoms with Gasteiger partial charge in [-0.1, -0.05) is 29.3 Å². The largest absolute Gasteiger partial charge is 0.376 e. The molecule has 0 bridgehead atoms. The van der Waals surface area contributed by atoms with Crippen molar-refractivity contribution in [2.75, 3.05) is 19.0 Å². The summed E-state index contributed by atoms with van der Waals surface area (Å²) in [6.07, 6.45) is 3.72. The molecule has 0 saturated carbocycles. The van der Waals surface area contributed by atoms with Crippen LogP contribution in [0.15, 0.2) is 47.2 Å². The van der Waals surface area contributed by atoms with Crippen LogP contribution in [-0.2, 0) is 0 Å². The van der Waals surface area contributed by atoms with Gasteiger partial charge < -0.3 is 4.90 Å². The summed E-state index contributed by atoms with van der Waals surface area (Å²) < 4.78 is 1.04. The number of hydrogen-bond acceptors (Lipinski definition) is 2. The SMILES string of the molecule is CN(C)c1c(Br)ccc2c(-c3cc(Cl)cc(Cl)c3)cncc12. The maximum absolute atomic E-state index is 6.14. The zero-order valence-electron chi connectivity index (χ0n) is 12.1. The first-order chi connectivity index (χ1) is 10.5. The van der Waals surface area contributed by atoms with Crippen molar-refractivity contribution >= 4 is 55.6 Å². The molecule has 5 heteroatoms. The Labute approximate surface area is 147 Å². The lowest BCUT2D eigenvalue weighted by molar-refractivity contribution is 1.13. The molecule has 0 N–H and O–H groups in total. The number of rotatable bonds is 2. The Bertz CT molecular complexity index is 842. The number of aromatic nitrogens is 1. The molecule has 0 amide bonds. The highest BCUT2D eigenvalue weighted by atomic mass is 79.9. The average Bonchev–Trinajstić information content (AvgIpc) is 2.44. The molecule has 0 aliphatic rings. The second kappa shape index (κ2) is 6.07. The van der Waals surface area contributed by atoms with E-state index in [1.54, 1.807) is 6.07 Å². The van der Waals surface area contributed by atoms with Gasteiger partial charge in [0, 0.05) is 52.0 Å². The number of fused-ring (bicyclic) bond motifs is 1. The summed E-state index contributed by atoms with van der Waals surface area (Å²) in [6.45, 7) is 0. The molecule has 112 valence electrons. The molecule has 0 spiro atoms. The van der Waals surface area contributed by atoms with Crippen molar-refractivity contribution in [2.45, 2.75) is 0 Å². The summed E-state index contributed by atoms with van der Waals surface area (Å²) in [7, 11) is 4.03. The Morgan fingerprint density at radius 2 is 1.64 bits per heavy atom. The highest BCUT2D eigenvalue weighted by molar-refractivity contribution is 9.10. The van der Waals surface area contributed by atoms with Crippen LogP contribution in [0.1, 0.15) is 0 Å². The van der Waals surface area contributed by atoms with Gasteiger partial charge in [-0.05, 0) is 51.1 Å². The van der Waals surface area contributed by atoms with E-state index in [2.05, 4.69) is 31.9 Å². The molecule has 3 aromatic rings. The summed E-state index contributed by atoms with van der Waals surface area (Å²) in [5.74, 6) is 0. The minimum atomic E-state index is 0.615. The number of hydrogen-bond donors (Lipinski definition) is 0. The first kappa shape index (κ1) is 15.6. The summed E-state index contributed by atoms with van der Waals surface area (Å²) in [5.41, 5.74) is 3.07. The minimum absolute atomic E-state index is 0.615. The molecule has 3 rings (SSSR count). The van der Waals surface area contributed by atoms with Gasteiger partial charge in [0.1, 0.15) is 0 Å². The zero-order valence-corrected chi connectivity index (χ0v) is 15.2. The first-order valence-corrected chi connectivity index (χ1v) is 8.22. The van der Waals surface area contributed by atoms with Crippen LogP contribution < -0.4 is 4.90 Å². The van der Waals surface area contributed by atoms with E-state index in [4.69, 9.17) is 23.2 Å². The number of pyridine rings is 1. The van der Waals surface area contributed by atoms with Gasteiger partial charge in [-0.3, -0.25) is 4.98 Å². The number of nitrogens with zero attached hydrogens (tertiary/aromatic N) is 2. The van der Waals surface area contributed by atoms with Gasteiger partial charge in [-0.15, -0.1) is 0 Å². The van der Waals surface area contributed by atoms with E-state index in [0.717, 1.165) is 32.1 Å². The summed E-state index contributed by atoms with van der Waals surface area (Å²) >= 11 is 15.9. The van der Waals surface area contributed by atoms with Crippen LogP contribution in [0.4, 0.5) is 5.69 Å². The summed E-state index contributed by atoms with van der Waals surface area (Å²) in [6, 6.07) is 9.67. The van der Waals surface area contributed by atoms with Crippen molar-refractivity contribution in [3.63, 3.8) is 0 Å². The van der Waals surface area contributed by atoms with E-state index in [-0.39, 0.29) is 0 Å². The van der Waals surface area contributed by atoms with Crippen molar-refractivity contribution in [1.82, 2.24) is 4.98 Å². The quantitative estimate of drug-likeness (QED) is 0.525. The molecule has 1 heterocycles. The molecule has 2 nitrogen and oxygen atoms in total. The van der Waals surface area contributed by atoms with E-state index in [1.165, 1.54) is 0 Å². The second-order valence-electron chi connectivity index (χ2n) is 5.23. The highest BCUT2D eigenvalue weighted by Gasteiger charge is 2.12. The molecule has 0 fully saturated rings. The molecule has 0 aliphatic carbocycles. The molecule has 22 heavy (non-hydrogen) atoms. The molecule has 0 atom stereocenters. The number of halogens is 3. The Morgan fingerprint density at radius 1 is 0.955 bits per heavy atom. The molecular formula is C17H13BrCl2N2. The third kappa shape index (κ3) is 2.81. The smallest absolute Gasteiger partial charge is 0.0600 e. The van der Waals surface area contributed by atoms with Crippen LogP contribution >= 0.6 is 39.1 Å². The fourth-order valence-corrected chi connectivity index (χ4v) is 3.82. The third-order valence-corrected chi connectivity index (χ3v) is 4.56. The van der Waals surface area contributed by atoms with Gasteiger partial charge >= 0.3 is 0 Å². The fourth-order valence-electron chi connectivity index (χ4n) is 2.60. The Balaban J connectivity index is 2.34. The standard InChI is InChI=1S/C17H13BrCl2N2/c1-22(2)17-15-9-21-8-14(13(15)3-4-16(17)18)10-5-11(19)7-12(20)6-10/h3-9H,1-2H3. The van der Waals surface area contributed by atoms with Crippen molar-refractivity contribution in [3.05, 3.63) is 57.2 Å². The van der Waals surface area contributed by atoms with E-state index < -0.39 is 0 Å². The van der Waals surface area contributed by atoms with Gasteiger partial charge in [-0.2, -0.15) is 0 Å². The van der Waals surface area contributed by atoms with Crippen LogP contribution in [0.5, 0.6) is 0 Å². The summed E-state index contributed by atoms with van der Waals surface area (Å²) in [5, 5.41) is 3.42. The Kier molecular flexibility index (Phi) is 4.31. The molecule has 0 radical (unpaired) electrons. The van der Waals surface area contributed by atoms with E-state index in [0.29, 0.717) is 10.0 Å². The lowest BCUT2D eigenvalue weighted by atomic mass is 10.00.